The number of thioether (sulfide) groups is 1. The van der Waals surface area contributed by atoms with Gasteiger partial charge in [-0.25, -0.2) is 4.98 Å². The topological polar surface area (TPSA) is 86.2 Å². The number of nitrogens with zero attached hydrogens (tertiary/aromatic N) is 5. The van der Waals surface area contributed by atoms with Crippen LogP contribution in [-0.2, 0) is 5.75 Å². The molecule has 0 aliphatic carbocycles. The van der Waals surface area contributed by atoms with Crippen molar-refractivity contribution < 1.29 is 4.92 Å². The lowest BCUT2D eigenvalue weighted by Crippen LogP contribution is -1.98. The standard InChI is InChI=1S/C18H13N5O2S/c24-23(25)15-8-6-13(7-9-15)11-26-17-10-16(14-4-2-1-3-5-14)21-18-19-12-20-22(17)18/h1-10,12H,11H2. The molecule has 26 heavy (non-hydrogen) atoms. The molecule has 0 amide bonds. The number of hydrogen-bond donors (Lipinski definition) is 0. The van der Waals surface area contributed by atoms with Crippen LogP contribution in [0, 0.1) is 10.1 Å². The highest BCUT2D eigenvalue weighted by molar-refractivity contribution is 7.98. The van der Waals surface area contributed by atoms with Crippen LogP contribution in [-0.4, -0.2) is 24.5 Å². The summed E-state index contributed by atoms with van der Waals surface area (Å²) < 4.78 is 1.70. The first-order valence-corrected chi connectivity index (χ1v) is 8.81. The SMILES string of the molecule is O=[N+]([O-])c1ccc(CSc2cc(-c3ccccc3)nc3ncnn23)cc1. The van der Waals surface area contributed by atoms with Gasteiger partial charge in [-0.15, -0.1) is 11.8 Å². The predicted molar refractivity (Wildman–Crippen MR) is 98.9 cm³/mol. The normalized spacial score (nSPS) is 10.9. The summed E-state index contributed by atoms with van der Waals surface area (Å²) in [5.74, 6) is 1.20. The minimum absolute atomic E-state index is 0.0905. The van der Waals surface area contributed by atoms with Crippen molar-refractivity contribution in [3.8, 4) is 11.3 Å². The first-order valence-electron chi connectivity index (χ1n) is 7.83. The Morgan fingerprint density at radius 1 is 1.08 bits per heavy atom. The molecule has 4 rings (SSSR count). The number of nitro benzene ring substituents is 1. The molecule has 0 fully saturated rings. The third-order valence-corrected chi connectivity index (χ3v) is 4.89. The lowest BCUT2D eigenvalue weighted by Gasteiger charge is -2.07. The van der Waals surface area contributed by atoms with Gasteiger partial charge in [0.25, 0.3) is 11.5 Å². The smallest absolute Gasteiger partial charge is 0.258 e. The van der Waals surface area contributed by atoms with E-state index in [2.05, 4.69) is 15.1 Å². The Hall–Kier alpha value is -3.26. The van der Waals surface area contributed by atoms with Crippen LogP contribution in [0.25, 0.3) is 17.0 Å². The van der Waals surface area contributed by atoms with Gasteiger partial charge in [0.15, 0.2) is 0 Å². The Balaban J connectivity index is 1.63. The summed E-state index contributed by atoms with van der Waals surface area (Å²) >= 11 is 1.58. The number of aromatic nitrogens is 4. The maximum atomic E-state index is 10.8. The number of nitro groups is 1. The van der Waals surface area contributed by atoms with Gasteiger partial charge in [0.05, 0.1) is 10.6 Å². The highest BCUT2D eigenvalue weighted by Crippen LogP contribution is 2.27. The summed E-state index contributed by atoms with van der Waals surface area (Å²) in [6, 6.07) is 18.4. The minimum Gasteiger partial charge on any atom is -0.258 e. The maximum Gasteiger partial charge on any atom is 0.269 e. The average Bonchev–Trinajstić information content (AvgIpc) is 3.16. The van der Waals surface area contributed by atoms with Gasteiger partial charge < -0.3 is 0 Å². The van der Waals surface area contributed by atoms with Crippen molar-refractivity contribution in [1.82, 2.24) is 19.6 Å². The molecule has 2 heterocycles. The fourth-order valence-electron chi connectivity index (χ4n) is 2.52. The molecule has 7 nitrogen and oxygen atoms in total. The van der Waals surface area contributed by atoms with Gasteiger partial charge >= 0.3 is 0 Å². The van der Waals surface area contributed by atoms with Crippen molar-refractivity contribution in [1.29, 1.82) is 0 Å². The van der Waals surface area contributed by atoms with E-state index >= 15 is 0 Å². The lowest BCUT2D eigenvalue weighted by atomic mass is 10.1. The van der Waals surface area contributed by atoms with E-state index in [4.69, 9.17) is 0 Å². The van der Waals surface area contributed by atoms with E-state index in [9.17, 15) is 10.1 Å². The third kappa shape index (κ3) is 3.27. The summed E-state index contributed by atoms with van der Waals surface area (Å²) in [4.78, 5) is 19.1. The third-order valence-electron chi connectivity index (χ3n) is 3.82. The summed E-state index contributed by atoms with van der Waals surface area (Å²) in [5, 5.41) is 15.9. The fraction of sp³-hybridized carbons (Fsp3) is 0.0556. The van der Waals surface area contributed by atoms with Gasteiger partial charge in [0.1, 0.15) is 11.4 Å². The summed E-state index contributed by atoms with van der Waals surface area (Å²) in [7, 11) is 0. The molecule has 0 aliphatic rings. The minimum atomic E-state index is -0.398. The van der Waals surface area contributed by atoms with Crippen molar-refractivity contribution in [2.24, 2.45) is 0 Å². The molecule has 0 radical (unpaired) electrons. The second kappa shape index (κ2) is 6.93. The van der Waals surface area contributed by atoms with E-state index in [1.807, 2.05) is 36.4 Å². The molecule has 2 aromatic carbocycles. The first-order chi connectivity index (χ1) is 12.7. The summed E-state index contributed by atoms with van der Waals surface area (Å²) in [5.41, 5.74) is 2.92. The Kier molecular flexibility index (Phi) is 4.32. The van der Waals surface area contributed by atoms with Crippen LogP contribution in [0.2, 0.25) is 0 Å². The zero-order valence-electron chi connectivity index (χ0n) is 13.5. The molecule has 0 bridgehead atoms. The molecule has 0 aliphatic heterocycles. The van der Waals surface area contributed by atoms with Crippen molar-refractivity contribution in [2.75, 3.05) is 0 Å². The van der Waals surface area contributed by atoms with Crippen molar-refractivity contribution in [3.05, 3.63) is 82.7 Å². The second-order valence-electron chi connectivity index (χ2n) is 5.53. The molecular formula is C18H13N5O2S. The van der Waals surface area contributed by atoms with Crippen LogP contribution in [0.5, 0.6) is 0 Å². The molecule has 2 aromatic heterocycles. The van der Waals surface area contributed by atoms with Gasteiger partial charge in [-0.2, -0.15) is 14.6 Å². The lowest BCUT2D eigenvalue weighted by molar-refractivity contribution is -0.384. The van der Waals surface area contributed by atoms with E-state index in [0.29, 0.717) is 11.5 Å². The monoisotopic (exact) mass is 363 g/mol. The summed E-state index contributed by atoms with van der Waals surface area (Å²) in [6.07, 6.45) is 1.48. The zero-order valence-corrected chi connectivity index (χ0v) is 14.3. The van der Waals surface area contributed by atoms with Crippen LogP contribution in [0.3, 0.4) is 0 Å². The Morgan fingerprint density at radius 2 is 1.85 bits per heavy atom. The number of fused-ring (bicyclic) bond motifs is 1. The molecule has 0 atom stereocenters. The molecule has 128 valence electrons. The van der Waals surface area contributed by atoms with E-state index < -0.39 is 4.92 Å². The number of rotatable bonds is 5. The molecule has 0 unspecified atom stereocenters. The highest BCUT2D eigenvalue weighted by atomic mass is 32.2. The van der Waals surface area contributed by atoms with Gasteiger partial charge in [-0.05, 0) is 11.6 Å². The van der Waals surface area contributed by atoms with Crippen LogP contribution < -0.4 is 0 Å². The number of hydrogen-bond acceptors (Lipinski definition) is 6. The van der Waals surface area contributed by atoms with Crippen molar-refractivity contribution >= 4 is 23.2 Å². The zero-order chi connectivity index (χ0) is 17.9. The molecular weight excluding hydrogens is 350 g/mol. The Labute approximate surface area is 152 Å². The maximum absolute atomic E-state index is 10.8. The molecule has 0 saturated carbocycles. The van der Waals surface area contributed by atoms with E-state index in [0.717, 1.165) is 21.8 Å². The fourth-order valence-corrected chi connectivity index (χ4v) is 3.47. The summed E-state index contributed by atoms with van der Waals surface area (Å²) in [6.45, 7) is 0. The van der Waals surface area contributed by atoms with Gasteiger partial charge in [-0.3, -0.25) is 10.1 Å². The average molecular weight is 363 g/mol. The Bertz CT molecular complexity index is 1060. The van der Waals surface area contributed by atoms with Gasteiger partial charge in [0, 0.05) is 23.4 Å². The molecule has 8 heteroatoms. The van der Waals surface area contributed by atoms with Crippen LogP contribution >= 0.6 is 11.8 Å². The Morgan fingerprint density at radius 3 is 2.58 bits per heavy atom. The molecule has 0 saturated heterocycles. The first kappa shape index (κ1) is 16.2. The van der Waals surface area contributed by atoms with E-state index in [1.165, 1.54) is 18.5 Å². The van der Waals surface area contributed by atoms with Gasteiger partial charge in [0.2, 0.25) is 0 Å². The van der Waals surface area contributed by atoms with Crippen LogP contribution in [0.1, 0.15) is 5.56 Å². The molecule has 0 N–H and O–H groups in total. The number of benzene rings is 2. The molecule has 4 aromatic rings. The van der Waals surface area contributed by atoms with Gasteiger partial charge in [-0.1, -0.05) is 42.5 Å². The van der Waals surface area contributed by atoms with Crippen LogP contribution in [0.4, 0.5) is 5.69 Å². The predicted octanol–water partition coefficient (Wildman–Crippen LogP) is 3.99. The second-order valence-corrected chi connectivity index (χ2v) is 6.53. The quantitative estimate of drug-likeness (QED) is 0.231. The van der Waals surface area contributed by atoms with E-state index in [1.54, 1.807) is 28.4 Å². The van der Waals surface area contributed by atoms with Crippen LogP contribution in [0.15, 0.2) is 72.0 Å². The number of non-ortho nitro benzene ring substituents is 1. The van der Waals surface area contributed by atoms with E-state index in [-0.39, 0.29) is 5.69 Å². The highest BCUT2D eigenvalue weighted by Gasteiger charge is 2.10. The van der Waals surface area contributed by atoms with Crippen molar-refractivity contribution in [3.63, 3.8) is 0 Å². The molecule has 0 spiro atoms. The van der Waals surface area contributed by atoms with Crippen molar-refractivity contribution in [2.45, 2.75) is 10.8 Å². The largest absolute Gasteiger partial charge is 0.269 e.